The van der Waals surface area contributed by atoms with Crippen LogP contribution in [0, 0.1) is 0 Å². The van der Waals surface area contributed by atoms with Gasteiger partial charge < -0.3 is 0 Å². The number of rotatable bonds is 10. The summed E-state index contributed by atoms with van der Waals surface area (Å²) >= 11 is 1.89. The second kappa shape index (κ2) is 10.2. The van der Waals surface area contributed by atoms with Crippen molar-refractivity contribution in [2.24, 2.45) is 0 Å². The van der Waals surface area contributed by atoms with Crippen molar-refractivity contribution in [1.82, 2.24) is 0 Å². The molecule has 0 aromatic heterocycles. The lowest BCUT2D eigenvalue weighted by Crippen LogP contribution is -1.84. The Morgan fingerprint density at radius 1 is 0.944 bits per heavy atom. The molecule has 0 bridgehead atoms. The molecule has 0 saturated carbocycles. The van der Waals surface area contributed by atoms with Crippen LogP contribution >= 0.6 is 11.8 Å². The van der Waals surface area contributed by atoms with E-state index in [1.807, 2.05) is 36.0 Å². The molecular formula is C16H24OS. The zero-order valence-corrected chi connectivity index (χ0v) is 12.2. The van der Waals surface area contributed by atoms with Gasteiger partial charge in [0.25, 0.3) is 0 Å². The third-order valence-electron chi connectivity index (χ3n) is 3.03. The minimum Gasteiger partial charge on any atom is -0.298 e. The minimum absolute atomic E-state index is 0.760. The Kier molecular flexibility index (Phi) is 8.66. The zero-order chi connectivity index (χ0) is 13.1. The summed E-state index contributed by atoms with van der Waals surface area (Å²) in [5.41, 5.74) is 0.760. The maximum absolute atomic E-state index is 10.5. The van der Waals surface area contributed by atoms with E-state index < -0.39 is 0 Å². The van der Waals surface area contributed by atoms with Gasteiger partial charge in [-0.1, -0.05) is 57.6 Å². The summed E-state index contributed by atoms with van der Waals surface area (Å²) in [5, 5.41) is 0. The van der Waals surface area contributed by atoms with E-state index in [0.29, 0.717) is 0 Å². The van der Waals surface area contributed by atoms with Gasteiger partial charge >= 0.3 is 0 Å². The van der Waals surface area contributed by atoms with Crippen LogP contribution in [0.2, 0.25) is 0 Å². The van der Waals surface area contributed by atoms with E-state index in [1.165, 1.54) is 55.6 Å². The summed E-state index contributed by atoms with van der Waals surface area (Å²) in [6.07, 6.45) is 10.4. The maximum atomic E-state index is 10.5. The van der Waals surface area contributed by atoms with E-state index in [4.69, 9.17) is 0 Å². The third kappa shape index (κ3) is 6.85. The highest BCUT2D eigenvalue weighted by Crippen LogP contribution is 2.20. The van der Waals surface area contributed by atoms with E-state index in [0.717, 1.165) is 11.8 Å². The number of benzene rings is 1. The van der Waals surface area contributed by atoms with Gasteiger partial charge in [-0.2, -0.15) is 0 Å². The SMILES string of the molecule is CCCCCCCCCSc1ccc(C=O)cc1. The highest BCUT2D eigenvalue weighted by atomic mass is 32.2. The van der Waals surface area contributed by atoms with Crippen molar-refractivity contribution >= 4 is 18.0 Å². The molecule has 1 aromatic carbocycles. The number of unbranched alkanes of at least 4 members (excludes halogenated alkanes) is 6. The van der Waals surface area contributed by atoms with Crippen LogP contribution in [-0.2, 0) is 0 Å². The fraction of sp³-hybridized carbons (Fsp3) is 0.562. The molecule has 0 heterocycles. The van der Waals surface area contributed by atoms with Crippen LogP contribution in [0.15, 0.2) is 29.2 Å². The molecule has 1 rings (SSSR count). The molecule has 18 heavy (non-hydrogen) atoms. The van der Waals surface area contributed by atoms with Crippen molar-refractivity contribution in [2.45, 2.75) is 56.8 Å². The first-order valence-electron chi connectivity index (χ1n) is 7.05. The smallest absolute Gasteiger partial charge is 0.150 e. The van der Waals surface area contributed by atoms with E-state index >= 15 is 0 Å². The molecule has 100 valence electrons. The average Bonchev–Trinajstić information content (AvgIpc) is 2.42. The van der Waals surface area contributed by atoms with E-state index in [-0.39, 0.29) is 0 Å². The van der Waals surface area contributed by atoms with Gasteiger partial charge in [-0.05, 0) is 24.3 Å². The molecule has 0 radical (unpaired) electrons. The zero-order valence-electron chi connectivity index (χ0n) is 11.4. The van der Waals surface area contributed by atoms with Crippen LogP contribution in [-0.4, -0.2) is 12.0 Å². The molecule has 0 aliphatic heterocycles. The second-order valence-electron chi connectivity index (χ2n) is 4.66. The van der Waals surface area contributed by atoms with Crippen LogP contribution in [0.25, 0.3) is 0 Å². The molecule has 0 atom stereocenters. The highest BCUT2D eigenvalue weighted by molar-refractivity contribution is 7.99. The first-order valence-corrected chi connectivity index (χ1v) is 8.03. The lowest BCUT2D eigenvalue weighted by atomic mass is 10.1. The Hall–Kier alpha value is -0.760. The van der Waals surface area contributed by atoms with Gasteiger partial charge in [0.15, 0.2) is 0 Å². The van der Waals surface area contributed by atoms with Crippen LogP contribution in [0.5, 0.6) is 0 Å². The first-order chi connectivity index (χ1) is 8.86. The van der Waals surface area contributed by atoms with Crippen molar-refractivity contribution in [3.8, 4) is 0 Å². The van der Waals surface area contributed by atoms with Gasteiger partial charge in [-0.15, -0.1) is 11.8 Å². The average molecular weight is 264 g/mol. The van der Waals surface area contributed by atoms with Gasteiger partial charge in [-0.25, -0.2) is 0 Å². The summed E-state index contributed by atoms with van der Waals surface area (Å²) in [4.78, 5) is 11.8. The Bertz CT molecular complexity index is 318. The Morgan fingerprint density at radius 2 is 1.56 bits per heavy atom. The predicted octanol–water partition coefficient (Wildman–Crippen LogP) is 5.34. The normalized spacial score (nSPS) is 10.5. The van der Waals surface area contributed by atoms with Crippen molar-refractivity contribution in [1.29, 1.82) is 0 Å². The highest BCUT2D eigenvalue weighted by Gasteiger charge is 1.95. The minimum atomic E-state index is 0.760. The van der Waals surface area contributed by atoms with Crippen molar-refractivity contribution in [3.05, 3.63) is 29.8 Å². The molecule has 0 amide bonds. The lowest BCUT2D eigenvalue weighted by Gasteiger charge is -2.02. The van der Waals surface area contributed by atoms with Gasteiger partial charge in [0, 0.05) is 10.5 Å². The monoisotopic (exact) mass is 264 g/mol. The number of hydrogen-bond acceptors (Lipinski definition) is 2. The largest absolute Gasteiger partial charge is 0.298 e. The quantitative estimate of drug-likeness (QED) is 0.322. The fourth-order valence-corrected chi connectivity index (χ4v) is 2.80. The molecule has 2 heteroatoms. The summed E-state index contributed by atoms with van der Waals surface area (Å²) < 4.78 is 0. The van der Waals surface area contributed by atoms with E-state index in [2.05, 4.69) is 6.92 Å². The Morgan fingerprint density at radius 3 is 2.17 bits per heavy atom. The van der Waals surface area contributed by atoms with Gasteiger partial charge in [0.05, 0.1) is 0 Å². The molecule has 1 aromatic rings. The van der Waals surface area contributed by atoms with Crippen molar-refractivity contribution in [2.75, 3.05) is 5.75 Å². The molecular weight excluding hydrogens is 240 g/mol. The summed E-state index contributed by atoms with van der Waals surface area (Å²) in [6.45, 7) is 2.26. The van der Waals surface area contributed by atoms with Crippen LogP contribution in [0.1, 0.15) is 62.2 Å². The lowest BCUT2D eigenvalue weighted by molar-refractivity contribution is 0.112. The molecule has 0 fully saturated rings. The standard InChI is InChI=1S/C16H24OS/c1-2-3-4-5-6-7-8-13-18-16-11-9-15(14-17)10-12-16/h9-12,14H,2-8,13H2,1H3. The van der Waals surface area contributed by atoms with E-state index in [9.17, 15) is 4.79 Å². The van der Waals surface area contributed by atoms with Crippen LogP contribution in [0.4, 0.5) is 0 Å². The van der Waals surface area contributed by atoms with Crippen LogP contribution < -0.4 is 0 Å². The van der Waals surface area contributed by atoms with E-state index in [1.54, 1.807) is 0 Å². The number of carbonyl (C=O) groups excluding carboxylic acids is 1. The van der Waals surface area contributed by atoms with Gasteiger partial charge in [0.1, 0.15) is 6.29 Å². The summed E-state index contributed by atoms with van der Waals surface area (Å²) in [7, 11) is 0. The number of carbonyl (C=O) groups is 1. The number of aldehydes is 1. The van der Waals surface area contributed by atoms with Crippen molar-refractivity contribution in [3.63, 3.8) is 0 Å². The summed E-state index contributed by atoms with van der Waals surface area (Å²) in [6, 6.07) is 7.85. The number of hydrogen-bond donors (Lipinski definition) is 0. The first kappa shape index (κ1) is 15.3. The summed E-state index contributed by atoms with van der Waals surface area (Å²) in [5.74, 6) is 1.19. The van der Waals surface area contributed by atoms with Crippen molar-refractivity contribution < 1.29 is 4.79 Å². The number of thioether (sulfide) groups is 1. The Balaban J connectivity index is 2.01. The second-order valence-corrected chi connectivity index (χ2v) is 5.82. The molecule has 0 saturated heterocycles. The fourth-order valence-electron chi connectivity index (χ4n) is 1.89. The maximum Gasteiger partial charge on any atom is 0.150 e. The molecule has 0 unspecified atom stereocenters. The Labute approximate surface area is 115 Å². The topological polar surface area (TPSA) is 17.1 Å². The van der Waals surface area contributed by atoms with Gasteiger partial charge in [-0.3, -0.25) is 4.79 Å². The predicted molar refractivity (Wildman–Crippen MR) is 80.5 cm³/mol. The van der Waals surface area contributed by atoms with Crippen LogP contribution in [0.3, 0.4) is 0 Å². The molecule has 0 aliphatic rings. The third-order valence-corrected chi connectivity index (χ3v) is 4.13. The molecule has 0 N–H and O–H groups in total. The van der Waals surface area contributed by atoms with Gasteiger partial charge in [0.2, 0.25) is 0 Å². The molecule has 0 aliphatic carbocycles. The molecule has 0 spiro atoms. The molecule has 1 nitrogen and oxygen atoms in total.